The second-order valence-electron chi connectivity index (χ2n) is 12.7. The van der Waals surface area contributed by atoms with E-state index in [2.05, 4.69) is 120 Å². The van der Waals surface area contributed by atoms with Gasteiger partial charge < -0.3 is 0 Å². The number of nitrogens with zero attached hydrogens (tertiary/aromatic N) is 2. The van der Waals surface area contributed by atoms with Crippen LogP contribution in [0.15, 0.2) is 176 Å². The smallest absolute Gasteiger partial charge is 0.295 e. The maximum atomic E-state index is 13.4. The van der Waals surface area contributed by atoms with Crippen LogP contribution in [0.25, 0.3) is 65.3 Å². The summed E-state index contributed by atoms with van der Waals surface area (Å²) in [6.45, 7) is 0. The zero-order valence-electron chi connectivity index (χ0n) is 27.3. The minimum absolute atomic E-state index is 0.393. The summed E-state index contributed by atoms with van der Waals surface area (Å²) in [6.07, 6.45) is -3.58. The fourth-order valence-corrected chi connectivity index (χ4v) is 7.44. The van der Waals surface area contributed by atoms with E-state index in [4.69, 9.17) is 0 Å². The predicted molar refractivity (Wildman–Crippen MR) is 205 cm³/mol. The molecule has 5 heteroatoms. The van der Waals surface area contributed by atoms with Gasteiger partial charge >= 0.3 is 6.18 Å². The fraction of sp³-hybridized carbons (Fsp3) is 0.0217. The molecule has 0 radical (unpaired) electrons. The van der Waals surface area contributed by atoms with Crippen LogP contribution in [0.4, 0.5) is 30.4 Å². The number of pyridine rings is 1. The number of hydrogen-bond donors (Lipinski definition) is 0. The number of fused-ring (bicyclic) bond motifs is 5. The lowest BCUT2D eigenvalue weighted by Gasteiger charge is -2.25. The van der Waals surface area contributed by atoms with E-state index in [0.29, 0.717) is 5.82 Å². The van der Waals surface area contributed by atoms with Crippen LogP contribution in [-0.4, -0.2) is 4.98 Å². The van der Waals surface area contributed by atoms with Crippen molar-refractivity contribution in [2.45, 2.75) is 6.18 Å². The molecule has 0 spiro atoms. The first-order valence-electron chi connectivity index (χ1n) is 16.8. The van der Waals surface area contributed by atoms with Crippen molar-refractivity contribution in [2.75, 3.05) is 4.90 Å². The molecule has 0 unspecified atom stereocenters. The second-order valence-corrected chi connectivity index (χ2v) is 12.7. The number of halogens is 3. The molecular weight excluding hydrogens is 638 g/mol. The Bertz CT molecular complexity index is 2660. The molecule has 0 fully saturated rings. The molecule has 0 N–H and O–H groups in total. The minimum atomic E-state index is -4.47. The van der Waals surface area contributed by atoms with E-state index in [9.17, 15) is 13.2 Å². The molecule has 8 aromatic carbocycles. The molecule has 2 nitrogen and oxygen atoms in total. The summed E-state index contributed by atoms with van der Waals surface area (Å²) in [5.74, 6) is 0.393. The molecule has 0 bridgehead atoms. The van der Waals surface area contributed by atoms with Crippen LogP contribution < -0.4 is 4.90 Å². The normalized spacial score (nSPS) is 11.8. The van der Waals surface area contributed by atoms with E-state index in [1.54, 1.807) is 0 Å². The van der Waals surface area contributed by atoms with Gasteiger partial charge in [-0.1, -0.05) is 127 Å². The Hall–Kier alpha value is -6.46. The number of benzene rings is 8. The number of anilines is 3. The highest BCUT2D eigenvalue weighted by atomic mass is 19.4. The van der Waals surface area contributed by atoms with Crippen molar-refractivity contribution in [1.29, 1.82) is 0 Å². The van der Waals surface area contributed by atoms with Crippen LogP contribution in [-0.2, 0) is 6.18 Å². The highest BCUT2D eigenvalue weighted by molar-refractivity contribution is 6.25. The van der Waals surface area contributed by atoms with Crippen LogP contribution in [0.5, 0.6) is 0 Å². The standard InChI is InChI=1S/C46H29F3N2/c47-46(48,49)32-24-27-43(50-29-32)51(33-13-2-1-3-14-33)34-25-22-30(23-26-34)44-38-18-8-10-20-40(38)45(41-21-11-9-19-39(41)44)42-28-31-12-4-5-15-35(31)36-16-6-7-17-37(36)42/h1-29H. The molecule has 1 aromatic heterocycles. The first-order valence-corrected chi connectivity index (χ1v) is 16.8. The fourth-order valence-electron chi connectivity index (χ4n) is 7.44. The van der Waals surface area contributed by atoms with E-state index in [-0.39, 0.29) is 0 Å². The van der Waals surface area contributed by atoms with Crippen molar-refractivity contribution in [3.63, 3.8) is 0 Å². The van der Waals surface area contributed by atoms with Crippen molar-refractivity contribution < 1.29 is 13.2 Å². The third-order valence-corrected chi connectivity index (χ3v) is 9.70. The SMILES string of the molecule is FC(F)(F)c1ccc(N(c2ccccc2)c2ccc(-c3c4ccccc4c(-c4cc5ccccc5c5ccccc45)c4ccccc34)cc2)nc1. The highest BCUT2D eigenvalue weighted by Gasteiger charge is 2.31. The third-order valence-electron chi connectivity index (χ3n) is 9.70. The van der Waals surface area contributed by atoms with Gasteiger partial charge in [-0.3, -0.25) is 4.90 Å². The Morgan fingerprint density at radius 2 is 0.941 bits per heavy atom. The Morgan fingerprint density at radius 1 is 0.431 bits per heavy atom. The Balaban J connectivity index is 1.24. The van der Waals surface area contributed by atoms with E-state index < -0.39 is 11.7 Å². The maximum absolute atomic E-state index is 13.4. The quantitative estimate of drug-likeness (QED) is 0.134. The molecule has 244 valence electrons. The largest absolute Gasteiger partial charge is 0.417 e. The van der Waals surface area contributed by atoms with Gasteiger partial charge in [-0.15, -0.1) is 0 Å². The zero-order chi connectivity index (χ0) is 34.5. The summed E-state index contributed by atoms with van der Waals surface area (Å²) >= 11 is 0. The Labute approximate surface area is 292 Å². The lowest BCUT2D eigenvalue weighted by Crippen LogP contribution is -2.13. The average molecular weight is 667 g/mol. The number of alkyl halides is 3. The van der Waals surface area contributed by atoms with Crippen LogP contribution in [0, 0.1) is 0 Å². The molecule has 9 aromatic rings. The Kier molecular flexibility index (Phi) is 7.29. The van der Waals surface area contributed by atoms with Crippen molar-refractivity contribution >= 4 is 60.3 Å². The summed E-state index contributed by atoms with van der Waals surface area (Å²) in [4.78, 5) is 6.11. The topological polar surface area (TPSA) is 16.1 Å². The molecule has 9 rings (SSSR count). The molecule has 0 saturated heterocycles. The van der Waals surface area contributed by atoms with Gasteiger partial charge in [-0.05, 0) is 108 Å². The van der Waals surface area contributed by atoms with E-state index in [1.807, 2.05) is 47.4 Å². The lowest BCUT2D eigenvalue weighted by molar-refractivity contribution is -0.137. The predicted octanol–water partition coefficient (Wildman–Crippen LogP) is 13.5. The van der Waals surface area contributed by atoms with Gasteiger partial charge in [-0.2, -0.15) is 13.2 Å². The molecular formula is C46H29F3N2. The third kappa shape index (κ3) is 5.26. The minimum Gasteiger partial charge on any atom is -0.295 e. The maximum Gasteiger partial charge on any atom is 0.417 e. The monoisotopic (exact) mass is 666 g/mol. The van der Waals surface area contributed by atoms with Crippen molar-refractivity contribution in [3.05, 3.63) is 182 Å². The first-order chi connectivity index (χ1) is 25.0. The zero-order valence-corrected chi connectivity index (χ0v) is 27.3. The van der Waals surface area contributed by atoms with Gasteiger partial charge in [0.15, 0.2) is 0 Å². The molecule has 0 atom stereocenters. The molecule has 1 heterocycles. The summed E-state index contributed by atoms with van der Waals surface area (Å²) in [6, 6.07) is 57.0. The first kappa shape index (κ1) is 30.6. The second kappa shape index (κ2) is 12.1. The average Bonchev–Trinajstić information content (AvgIpc) is 3.17. The van der Waals surface area contributed by atoms with E-state index >= 15 is 0 Å². The molecule has 0 aliphatic rings. The highest BCUT2D eigenvalue weighted by Crippen LogP contribution is 2.47. The summed E-state index contributed by atoms with van der Waals surface area (Å²) in [5, 5.41) is 9.47. The summed E-state index contributed by atoms with van der Waals surface area (Å²) in [7, 11) is 0. The van der Waals surface area contributed by atoms with E-state index in [0.717, 1.165) is 56.3 Å². The van der Waals surface area contributed by atoms with Crippen molar-refractivity contribution in [2.24, 2.45) is 0 Å². The molecule has 0 amide bonds. The van der Waals surface area contributed by atoms with Crippen LogP contribution in [0.3, 0.4) is 0 Å². The van der Waals surface area contributed by atoms with Gasteiger partial charge in [-0.25, -0.2) is 4.98 Å². The molecule has 0 aliphatic carbocycles. The molecule has 0 aliphatic heterocycles. The molecule has 0 saturated carbocycles. The van der Waals surface area contributed by atoms with Gasteiger partial charge in [0.1, 0.15) is 5.82 Å². The van der Waals surface area contributed by atoms with Gasteiger partial charge in [0.25, 0.3) is 0 Å². The van der Waals surface area contributed by atoms with Crippen LogP contribution in [0.2, 0.25) is 0 Å². The van der Waals surface area contributed by atoms with Crippen LogP contribution in [0.1, 0.15) is 5.56 Å². The van der Waals surface area contributed by atoms with E-state index in [1.165, 1.54) is 38.7 Å². The summed E-state index contributed by atoms with van der Waals surface area (Å²) < 4.78 is 40.2. The van der Waals surface area contributed by atoms with Crippen molar-refractivity contribution in [3.8, 4) is 22.3 Å². The number of rotatable bonds is 5. The Morgan fingerprint density at radius 3 is 1.53 bits per heavy atom. The molecule has 51 heavy (non-hydrogen) atoms. The van der Waals surface area contributed by atoms with Crippen molar-refractivity contribution in [1.82, 2.24) is 4.98 Å². The lowest BCUT2D eigenvalue weighted by atomic mass is 9.84. The van der Waals surface area contributed by atoms with Gasteiger partial charge in [0, 0.05) is 17.6 Å². The number of aromatic nitrogens is 1. The van der Waals surface area contributed by atoms with Gasteiger partial charge in [0.2, 0.25) is 0 Å². The van der Waals surface area contributed by atoms with Crippen LogP contribution >= 0.6 is 0 Å². The number of para-hydroxylation sites is 1. The number of hydrogen-bond acceptors (Lipinski definition) is 2. The van der Waals surface area contributed by atoms with Gasteiger partial charge in [0.05, 0.1) is 5.56 Å². The summed E-state index contributed by atoms with van der Waals surface area (Å²) in [5.41, 5.74) is 5.35.